The van der Waals surface area contributed by atoms with Crippen molar-refractivity contribution >= 4 is 34.0 Å². The molecule has 1 atom stereocenters. The van der Waals surface area contributed by atoms with Gasteiger partial charge in [0.05, 0.1) is 18.2 Å². The summed E-state index contributed by atoms with van der Waals surface area (Å²) in [6, 6.07) is 6.65. The number of nitrogens with zero attached hydrogens (tertiary/aromatic N) is 2. The van der Waals surface area contributed by atoms with Crippen LogP contribution in [0.2, 0.25) is 5.02 Å². The van der Waals surface area contributed by atoms with Crippen molar-refractivity contribution in [3.63, 3.8) is 0 Å². The molecule has 0 spiro atoms. The Morgan fingerprint density at radius 1 is 1.28 bits per heavy atom. The highest BCUT2D eigenvalue weighted by molar-refractivity contribution is 7.89. The molecule has 6 nitrogen and oxygen atoms in total. The predicted octanol–water partition coefficient (Wildman–Crippen LogP) is 1.45. The molecule has 1 unspecified atom stereocenters. The Balaban J connectivity index is 0.00000225. The van der Waals surface area contributed by atoms with Gasteiger partial charge in [-0.05, 0) is 25.1 Å². The van der Waals surface area contributed by atoms with Crippen molar-refractivity contribution in [3.8, 4) is 0 Å². The van der Waals surface area contributed by atoms with Crippen molar-refractivity contribution in [3.05, 3.63) is 29.3 Å². The highest BCUT2D eigenvalue weighted by Crippen LogP contribution is 2.27. The Morgan fingerprint density at radius 2 is 2.00 bits per heavy atom. The zero-order valence-electron chi connectivity index (χ0n) is 14.1. The lowest BCUT2D eigenvalue weighted by atomic mass is 10.2. The number of rotatable bonds is 6. The van der Waals surface area contributed by atoms with Crippen LogP contribution in [0.5, 0.6) is 0 Å². The zero-order chi connectivity index (χ0) is 17.0. The van der Waals surface area contributed by atoms with Crippen LogP contribution in [0.3, 0.4) is 0 Å². The minimum absolute atomic E-state index is 0. The van der Waals surface area contributed by atoms with E-state index >= 15 is 0 Å². The minimum Gasteiger partial charge on any atom is -0.379 e. The van der Waals surface area contributed by atoms with Crippen LogP contribution >= 0.6 is 24.0 Å². The first-order valence-corrected chi connectivity index (χ1v) is 10.2. The summed E-state index contributed by atoms with van der Waals surface area (Å²) in [5.74, 6) is 0. The van der Waals surface area contributed by atoms with Gasteiger partial charge in [-0.3, -0.25) is 4.90 Å². The molecule has 2 saturated heterocycles. The summed E-state index contributed by atoms with van der Waals surface area (Å²) in [5.41, 5.74) is 0. The van der Waals surface area contributed by atoms with Gasteiger partial charge in [-0.25, -0.2) is 8.42 Å². The average Bonchev–Trinajstić information content (AvgIpc) is 3.10. The third-order valence-corrected chi connectivity index (χ3v) is 7.06. The fraction of sp³-hybridized carbons (Fsp3) is 0.625. The van der Waals surface area contributed by atoms with Gasteiger partial charge in [-0.2, -0.15) is 4.31 Å². The molecule has 0 radical (unpaired) electrons. The molecule has 25 heavy (non-hydrogen) atoms. The summed E-state index contributed by atoms with van der Waals surface area (Å²) in [5, 5.41) is 3.53. The third-order valence-electron chi connectivity index (χ3n) is 4.61. The Labute approximate surface area is 160 Å². The average molecular weight is 410 g/mol. The van der Waals surface area contributed by atoms with Gasteiger partial charge in [-0.15, -0.1) is 12.4 Å². The second kappa shape index (κ2) is 9.50. The maximum Gasteiger partial charge on any atom is 0.244 e. The number of sulfonamides is 1. The molecule has 0 aromatic heterocycles. The van der Waals surface area contributed by atoms with Gasteiger partial charge >= 0.3 is 0 Å². The molecule has 9 heteroatoms. The fourth-order valence-corrected chi connectivity index (χ4v) is 5.37. The van der Waals surface area contributed by atoms with Gasteiger partial charge in [0.1, 0.15) is 4.90 Å². The Bertz CT molecular complexity index is 648. The molecule has 2 aliphatic rings. The number of ether oxygens (including phenoxy) is 1. The number of hydrogen-bond donors (Lipinski definition) is 1. The SMILES string of the molecule is Cl.O=S(=O)(c1ccccc1Cl)N(CCN1CCOCC1)C1CCNC1. The van der Waals surface area contributed by atoms with Crippen LogP contribution in [-0.2, 0) is 14.8 Å². The van der Waals surface area contributed by atoms with Gasteiger partial charge in [0.15, 0.2) is 0 Å². The van der Waals surface area contributed by atoms with Gasteiger partial charge in [0, 0.05) is 38.8 Å². The smallest absolute Gasteiger partial charge is 0.244 e. The van der Waals surface area contributed by atoms with Gasteiger partial charge in [-0.1, -0.05) is 23.7 Å². The summed E-state index contributed by atoms with van der Waals surface area (Å²) < 4.78 is 33.4. The Kier molecular flexibility index (Phi) is 7.94. The third kappa shape index (κ3) is 5.07. The van der Waals surface area contributed by atoms with Crippen molar-refractivity contribution in [2.24, 2.45) is 0 Å². The number of hydrogen-bond acceptors (Lipinski definition) is 5. The maximum absolute atomic E-state index is 13.2. The van der Waals surface area contributed by atoms with E-state index in [9.17, 15) is 8.42 Å². The zero-order valence-corrected chi connectivity index (χ0v) is 16.5. The molecule has 142 valence electrons. The summed E-state index contributed by atoms with van der Waals surface area (Å²) in [7, 11) is -3.61. The number of halogens is 2. The lowest BCUT2D eigenvalue weighted by Gasteiger charge is -2.32. The van der Waals surface area contributed by atoms with Crippen molar-refractivity contribution < 1.29 is 13.2 Å². The van der Waals surface area contributed by atoms with Crippen LogP contribution in [-0.4, -0.2) is 76.1 Å². The van der Waals surface area contributed by atoms with Crippen LogP contribution in [0, 0.1) is 0 Å². The first-order valence-electron chi connectivity index (χ1n) is 8.36. The van der Waals surface area contributed by atoms with Crippen LogP contribution in [0.25, 0.3) is 0 Å². The van der Waals surface area contributed by atoms with Gasteiger partial charge < -0.3 is 10.1 Å². The molecule has 3 rings (SSSR count). The molecule has 0 bridgehead atoms. The highest BCUT2D eigenvalue weighted by atomic mass is 35.5. The summed E-state index contributed by atoms with van der Waals surface area (Å²) in [4.78, 5) is 2.45. The van der Waals surface area contributed by atoms with E-state index < -0.39 is 10.0 Å². The molecule has 2 fully saturated rings. The predicted molar refractivity (Wildman–Crippen MR) is 101 cm³/mol. The monoisotopic (exact) mass is 409 g/mol. The standard InChI is InChI=1S/C16H24ClN3O3S.ClH/c17-15-3-1-2-4-16(15)24(21,22)20(14-5-6-18-13-14)8-7-19-9-11-23-12-10-19;/h1-4,14,18H,5-13H2;1H. The first kappa shape index (κ1) is 20.9. The first-order chi connectivity index (χ1) is 11.6. The molecule has 0 amide bonds. The second-order valence-corrected chi connectivity index (χ2v) is 8.41. The fourth-order valence-electron chi connectivity index (χ4n) is 3.23. The second-order valence-electron chi connectivity index (χ2n) is 6.15. The van der Waals surface area contributed by atoms with E-state index in [2.05, 4.69) is 10.2 Å². The molecule has 1 N–H and O–H groups in total. The molecule has 2 heterocycles. The maximum atomic E-state index is 13.2. The lowest BCUT2D eigenvalue weighted by molar-refractivity contribution is 0.0355. The minimum atomic E-state index is -3.61. The Morgan fingerprint density at radius 3 is 2.64 bits per heavy atom. The van der Waals surface area contributed by atoms with Crippen LogP contribution in [0.1, 0.15) is 6.42 Å². The lowest BCUT2D eigenvalue weighted by Crippen LogP contribution is -2.47. The van der Waals surface area contributed by atoms with Crippen molar-refractivity contribution in [2.75, 3.05) is 52.5 Å². The molecule has 1 aromatic carbocycles. The van der Waals surface area contributed by atoms with E-state index in [-0.39, 0.29) is 28.4 Å². The molecule has 1 aromatic rings. The van der Waals surface area contributed by atoms with Gasteiger partial charge in [0.2, 0.25) is 10.0 Å². The molecule has 0 saturated carbocycles. The Hall–Kier alpha value is -0.410. The summed E-state index contributed by atoms with van der Waals surface area (Å²) in [6.45, 7) is 5.84. The highest BCUT2D eigenvalue weighted by Gasteiger charge is 2.34. The molecular weight excluding hydrogens is 385 g/mol. The van der Waals surface area contributed by atoms with Crippen molar-refractivity contribution in [1.82, 2.24) is 14.5 Å². The molecule has 0 aliphatic carbocycles. The van der Waals surface area contributed by atoms with Crippen LogP contribution < -0.4 is 5.32 Å². The molecule has 2 aliphatic heterocycles. The normalized spacial score (nSPS) is 22.1. The number of nitrogens with one attached hydrogen (secondary N) is 1. The van der Waals surface area contributed by atoms with E-state index in [0.29, 0.717) is 32.8 Å². The quantitative estimate of drug-likeness (QED) is 0.769. The van der Waals surface area contributed by atoms with E-state index in [1.165, 1.54) is 0 Å². The number of morpholine rings is 1. The van der Waals surface area contributed by atoms with Crippen molar-refractivity contribution in [2.45, 2.75) is 17.4 Å². The van der Waals surface area contributed by atoms with E-state index in [1.807, 2.05) is 0 Å². The number of benzene rings is 1. The van der Waals surface area contributed by atoms with Gasteiger partial charge in [0.25, 0.3) is 0 Å². The van der Waals surface area contributed by atoms with E-state index in [4.69, 9.17) is 16.3 Å². The largest absolute Gasteiger partial charge is 0.379 e. The summed E-state index contributed by atoms with van der Waals surface area (Å²) in [6.07, 6.45) is 0.826. The van der Waals surface area contributed by atoms with Crippen LogP contribution in [0.4, 0.5) is 0 Å². The summed E-state index contributed by atoms with van der Waals surface area (Å²) >= 11 is 6.16. The van der Waals surface area contributed by atoms with E-state index in [0.717, 1.165) is 26.1 Å². The van der Waals surface area contributed by atoms with Crippen molar-refractivity contribution in [1.29, 1.82) is 0 Å². The topological polar surface area (TPSA) is 61.9 Å². The van der Waals surface area contributed by atoms with Crippen LogP contribution in [0.15, 0.2) is 29.2 Å². The van der Waals surface area contributed by atoms with E-state index in [1.54, 1.807) is 28.6 Å². The molecular formula is C16H25Cl2N3O3S.